The third kappa shape index (κ3) is 4.99. The fourth-order valence-electron chi connectivity index (χ4n) is 2.06. The standard InChI is InChI=1S/C14H11N5O4S2.Na/c20-13(11-6-1-2-7-12(11)25-23-22-21)15-9-4-3-5-10(8-9)19-14(24)16-17-18-19;/h1-8,21H,(H,15,20)(H,16,18,24);/q;+1/p-1. The van der Waals surface area contributed by atoms with E-state index in [9.17, 15) is 10.1 Å². The predicted octanol–water partition coefficient (Wildman–Crippen LogP) is -1.19. The second-order valence-electron chi connectivity index (χ2n) is 4.64. The molecule has 0 aliphatic rings. The number of amides is 1. The van der Waals surface area contributed by atoms with Gasteiger partial charge in [0.05, 0.1) is 28.2 Å². The molecule has 0 aliphatic heterocycles. The number of nitrogens with zero attached hydrogens (tertiary/aromatic N) is 3. The Bertz CT molecular complexity index is 949. The van der Waals surface area contributed by atoms with Crippen LogP contribution < -0.4 is 40.1 Å². The number of aromatic nitrogens is 4. The van der Waals surface area contributed by atoms with Crippen LogP contribution in [0, 0.1) is 4.77 Å². The van der Waals surface area contributed by atoms with E-state index in [1.54, 1.807) is 48.5 Å². The second kappa shape index (κ2) is 9.94. The summed E-state index contributed by atoms with van der Waals surface area (Å²) in [5.74, 6) is -0.374. The Hall–Kier alpha value is -1.57. The van der Waals surface area contributed by atoms with E-state index in [1.807, 2.05) is 0 Å². The number of carbonyl (C=O) groups excluding carboxylic acids is 1. The first-order valence-electron chi connectivity index (χ1n) is 6.83. The molecule has 3 rings (SSSR count). The van der Waals surface area contributed by atoms with Crippen LogP contribution in [0.15, 0.2) is 53.4 Å². The van der Waals surface area contributed by atoms with Crippen molar-refractivity contribution in [1.82, 2.24) is 20.2 Å². The summed E-state index contributed by atoms with van der Waals surface area (Å²) in [4.78, 5) is 12.9. The number of rotatable bonds is 6. The van der Waals surface area contributed by atoms with E-state index >= 15 is 0 Å². The van der Waals surface area contributed by atoms with Gasteiger partial charge in [0, 0.05) is 5.69 Å². The zero-order chi connectivity index (χ0) is 17.6. The van der Waals surface area contributed by atoms with Crippen molar-refractivity contribution in [2.75, 3.05) is 5.32 Å². The smallest absolute Gasteiger partial charge is 0.691 e. The average molecular weight is 399 g/mol. The van der Waals surface area contributed by atoms with E-state index in [0.717, 1.165) is 0 Å². The molecule has 0 aliphatic carbocycles. The molecule has 1 amide bonds. The second-order valence-corrected chi connectivity index (χ2v) is 5.75. The molecule has 1 aromatic heterocycles. The number of nitrogens with one attached hydrogen (secondary N) is 2. The third-order valence-corrected chi connectivity index (χ3v) is 4.04. The number of benzene rings is 2. The first kappa shape index (κ1) is 20.7. The Kier molecular flexibility index (Phi) is 7.93. The molecule has 26 heavy (non-hydrogen) atoms. The molecule has 0 saturated carbocycles. The van der Waals surface area contributed by atoms with Gasteiger partial charge in [-0.25, -0.2) is 4.68 Å². The van der Waals surface area contributed by atoms with Gasteiger partial charge in [-0.05, 0) is 42.5 Å². The Morgan fingerprint density at radius 2 is 2.08 bits per heavy atom. The number of carbonyl (C=O) groups is 1. The van der Waals surface area contributed by atoms with Crippen LogP contribution in [-0.2, 0) is 9.37 Å². The van der Waals surface area contributed by atoms with Crippen LogP contribution >= 0.6 is 24.3 Å². The molecule has 3 aromatic rings. The maximum atomic E-state index is 12.5. The average Bonchev–Trinajstić information content (AvgIpc) is 3.06. The van der Waals surface area contributed by atoms with Gasteiger partial charge in [-0.2, -0.15) is 9.55 Å². The molecule has 2 N–H and O–H groups in total. The predicted molar refractivity (Wildman–Crippen MR) is 89.0 cm³/mol. The van der Waals surface area contributed by atoms with E-state index in [1.165, 1.54) is 4.68 Å². The van der Waals surface area contributed by atoms with Crippen molar-refractivity contribution in [1.29, 1.82) is 0 Å². The van der Waals surface area contributed by atoms with Gasteiger partial charge >= 0.3 is 29.6 Å². The van der Waals surface area contributed by atoms with Crippen LogP contribution in [-0.4, -0.2) is 26.1 Å². The topological polar surface area (TPSA) is 117 Å². The number of tetrazole rings is 1. The third-order valence-electron chi connectivity index (χ3n) is 3.12. The Labute approximate surface area is 179 Å². The van der Waals surface area contributed by atoms with E-state index in [0.29, 0.717) is 33.9 Å². The Morgan fingerprint density at radius 1 is 1.27 bits per heavy atom. The largest absolute Gasteiger partial charge is 1.00 e. The normalized spacial score (nSPS) is 10.2. The number of H-pyrrole nitrogens is 1. The summed E-state index contributed by atoms with van der Waals surface area (Å²) in [6.45, 7) is 0. The molecule has 0 bridgehead atoms. The maximum Gasteiger partial charge on any atom is 1.00 e. The molecule has 0 radical (unpaired) electrons. The maximum absolute atomic E-state index is 12.5. The Balaban J connectivity index is 0.00000243. The Morgan fingerprint density at radius 3 is 2.81 bits per heavy atom. The van der Waals surface area contributed by atoms with Crippen LogP contribution in [0.25, 0.3) is 5.69 Å². The van der Waals surface area contributed by atoms with Gasteiger partial charge in [0.25, 0.3) is 5.91 Å². The molecule has 12 heteroatoms. The van der Waals surface area contributed by atoms with Crippen LogP contribution in [0.5, 0.6) is 0 Å². The monoisotopic (exact) mass is 399 g/mol. The fraction of sp³-hybridized carbons (Fsp3) is 0. The fourth-order valence-corrected chi connectivity index (χ4v) is 2.74. The minimum atomic E-state index is -0.374. The van der Waals surface area contributed by atoms with Crippen molar-refractivity contribution in [3.8, 4) is 5.69 Å². The molecule has 2 aromatic carbocycles. The number of hydrogen-bond acceptors (Lipinski definition) is 8. The number of aromatic amines is 1. The van der Waals surface area contributed by atoms with Crippen molar-refractivity contribution in [3.63, 3.8) is 0 Å². The summed E-state index contributed by atoms with van der Waals surface area (Å²) in [6.07, 6.45) is 0. The van der Waals surface area contributed by atoms with Crippen molar-refractivity contribution in [2.24, 2.45) is 0 Å². The SMILES string of the molecule is O=C(Nc1cccc(-n2[nH]nnc2=S)c1)c1ccccc1SOO[O-].[Na+]. The van der Waals surface area contributed by atoms with Crippen molar-refractivity contribution < 1.29 is 49.0 Å². The van der Waals surface area contributed by atoms with Crippen LogP contribution in [0.2, 0.25) is 0 Å². The molecule has 0 spiro atoms. The van der Waals surface area contributed by atoms with E-state index in [-0.39, 0.29) is 40.2 Å². The molecular formula is C14H10N5NaO4S2. The van der Waals surface area contributed by atoms with E-state index in [2.05, 4.69) is 30.2 Å². The molecule has 128 valence electrons. The molecule has 9 nitrogen and oxygen atoms in total. The van der Waals surface area contributed by atoms with Crippen molar-refractivity contribution in [3.05, 3.63) is 58.9 Å². The molecular weight excluding hydrogens is 389 g/mol. The summed E-state index contributed by atoms with van der Waals surface area (Å²) in [6, 6.07) is 13.6. The first-order valence-corrected chi connectivity index (χ1v) is 7.98. The summed E-state index contributed by atoms with van der Waals surface area (Å²) in [7, 11) is 0. The zero-order valence-corrected chi connectivity index (χ0v) is 17.0. The number of anilines is 1. The minimum Gasteiger partial charge on any atom is -0.691 e. The van der Waals surface area contributed by atoms with Gasteiger partial charge in [-0.15, -0.1) is 0 Å². The van der Waals surface area contributed by atoms with Crippen LogP contribution in [0.1, 0.15) is 10.4 Å². The van der Waals surface area contributed by atoms with E-state index in [4.69, 9.17) is 12.2 Å². The number of hydrogen-bond donors (Lipinski definition) is 2. The summed E-state index contributed by atoms with van der Waals surface area (Å²) >= 11 is 5.70. The minimum absolute atomic E-state index is 0. The van der Waals surface area contributed by atoms with Crippen molar-refractivity contribution >= 4 is 35.9 Å². The molecule has 1 heterocycles. The quantitative estimate of drug-likeness (QED) is 0.175. The molecule has 0 saturated heterocycles. The zero-order valence-electron chi connectivity index (χ0n) is 13.4. The molecule has 0 fully saturated rings. The summed E-state index contributed by atoms with van der Waals surface area (Å²) in [5, 5.41) is 26.0. The molecule has 0 atom stereocenters. The van der Waals surface area contributed by atoms with Gasteiger partial charge in [0.1, 0.15) is 0 Å². The van der Waals surface area contributed by atoms with Gasteiger partial charge in [0.2, 0.25) is 4.77 Å². The van der Waals surface area contributed by atoms with Gasteiger partial charge in [-0.3, -0.25) is 9.83 Å². The van der Waals surface area contributed by atoms with Crippen LogP contribution in [0.4, 0.5) is 5.69 Å². The van der Waals surface area contributed by atoms with Crippen LogP contribution in [0.3, 0.4) is 0 Å². The summed E-state index contributed by atoms with van der Waals surface area (Å²) in [5.41, 5.74) is 1.54. The van der Waals surface area contributed by atoms with Gasteiger partial charge in [-0.1, -0.05) is 28.5 Å². The molecule has 0 unspecified atom stereocenters. The van der Waals surface area contributed by atoms with Gasteiger partial charge < -0.3 is 10.6 Å². The van der Waals surface area contributed by atoms with Gasteiger partial charge in [0.15, 0.2) is 0 Å². The summed E-state index contributed by atoms with van der Waals surface area (Å²) < 4.78 is 6.05. The first-order chi connectivity index (χ1) is 12.2. The van der Waals surface area contributed by atoms with E-state index < -0.39 is 0 Å². The van der Waals surface area contributed by atoms with Crippen molar-refractivity contribution in [2.45, 2.75) is 4.90 Å².